The van der Waals surface area contributed by atoms with E-state index in [1.54, 1.807) is 40.6 Å². The highest BCUT2D eigenvalue weighted by Crippen LogP contribution is 2.47. The highest BCUT2D eigenvalue weighted by atomic mass is 33.1. The maximum absolute atomic E-state index is 13.4. The molecule has 1 unspecified atom stereocenters. The van der Waals surface area contributed by atoms with Gasteiger partial charge in [-0.15, -0.1) is 0 Å². The zero-order valence-electron chi connectivity index (χ0n) is 45.9. The number of benzene rings is 1. The van der Waals surface area contributed by atoms with Crippen molar-refractivity contribution in [3.63, 3.8) is 0 Å². The van der Waals surface area contributed by atoms with Gasteiger partial charge in [0.1, 0.15) is 24.7 Å². The van der Waals surface area contributed by atoms with E-state index in [1.165, 1.54) is 103 Å². The number of carbonyl (C=O) groups excluding carboxylic acids is 2. The first kappa shape index (κ1) is 70.1. The summed E-state index contributed by atoms with van der Waals surface area (Å²) in [4.78, 5) is 25.2. The van der Waals surface area contributed by atoms with E-state index in [4.69, 9.17) is 52.1 Å². The van der Waals surface area contributed by atoms with Crippen molar-refractivity contribution in [2.45, 2.75) is 149 Å². The molecule has 434 valence electrons. The smallest absolute Gasteiger partial charge is 0.407 e. The number of hydrogen-bond donors (Lipinski definition) is 1. The summed E-state index contributed by atoms with van der Waals surface area (Å²) in [5.41, 5.74) is 0.425. The number of ether oxygens (including phenoxy) is 11. The van der Waals surface area contributed by atoms with Gasteiger partial charge in [-0.2, -0.15) is 4.20 Å². The van der Waals surface area contributed by atoms with Crippen LogP contribution < -0.4 is 14.8 Å². The van der Waals surface area contributed by atoms with Crippen LogP contribution in [0.4, 0.5) is 8.99 Å². The molecule has 1 aromatic carbocycles. The SMILES string of the molecule is CCCCCCCCCCCCOc1cc(OCCCCCCCCCCCC)cc(C(=O)OCCSSCCOC(=O)NCCOCCOCCOCCOCCOCCOCCOCCP(=O)(F)OCC)c1. The van der Waals surface area contributed by atoms with Crippen LogP contribution in [-0.2, 0) is 51.7 Å². The van der Waals surface area contributed by atoms with E-state index in [0.717, 1.165) is 25.7 Å². The van der Waals surface area contributed by atoms with Gasteiger partial charge in [0.05, 0.1) is 124 Å². The summed E-state index contributed by atoms with van der Waals surface area (Å²) in [6.45, 7) is 13.3. The zero-order chi connectivity index (χ0) is 53.5. The molecule has 0 aliphatic rings. The predicted molar refractivity (Wildman–Crippen MR) is 297 cm³/mol. The predicted octanol–water partition coefficient (Wildman–Crippen LogP) is 12.9. The van der Waals surface area contributed by atoms with Crippen molar-refractivity contribution in [2.24, 2.45) is 0 Å². The van der Waals surface area contributed by atoms with Crippen molar-refractivity contribution in [1.82, 2.24) is 5.32 Å². The Morgan fingerprint density at radius 2 is 0.824 bits per heavy atom. The second-order valence-electron chi connectivity index (χ2n) is 17.6. The summed E-state index contributed by atoms with van der Waals surface area (Å²) in [5.74, 6) is 2.05. The van der Waals surface area contributed by atoms with Crippen molar-refractivity contribution in [1.29, 1.82) is 0 Å². The number of carbonyl (C=O) groups is 2. The number of rotatable bonds is 58. The van der Waals surface area contributed by atoms with Gasteiger partial charge in [0, 0.05) is 24.1 Å². The van der Waals surface area contributed by atoms with Crippen molar-refractivity contribution in [3.05, 3.63) is 23.8 Å². The molecule has 1 amide bonds. The Hall–Kier alpha value is -1.90. The third-order valence-corrected chi connectivity index (χ3v) is 14.8. The minimum Gasteiger partial charge on any atom is -0.493 e. The monoisotopic (exact) mass is 1120 g/mol. The molecular formula is C54H99FNO15PS2. The molecule has 1 aromatic rings. The van der Waals surface area contributed by atoms with Crippen molar-refractivity contribution in [3.8, 4) is 11.5 Å². The Morgan fingerprint density at radius 1 is 0.459 bits per heavy atom. The van der Waals surface area contributed by atoms with Gasteiger partial charge < -0.3 is 61.9 Å². The fraction of sp³-hybridized carbons (Fsp3) is 0.852. The van der Waals surface area contributed by atoms with Gasteiger partial charge in [-0.05, 0) is 31.9 Å². The van der Waals surface area contributed by atoms with E-state index in [1.807, 2.05) is 6.07 Å². The van der Waals surface area contributed by atoms with Crippen LogP contribution in [0.25, 0.3) is 0 Å². The molecule has 0 bridgehead atoms. The molecule has 1 rings (SSSR count). The largest absolute Gasteiger partial charge is 0.493 e. The molecule has 0 aromatic heterocycles. The number of nitrogens with one attached hydrogen (secondary N) is 1. The average molecular weight is 1120 g/mol. The summed E-state index contributed by atoms with van der Waals surface area (Å²) in [6.07, 6.45) is 24.4. The lowest BCUT2D eigenvalue weighted by Crippen LogP contribution is -2.28. The van der Waals surface area contributed by atoms with E-state index >= 15 is 0 Å². The van der Waals surface area contributed by atoms with Crippen LogP contribution in [-0.4, -0.2) is 162 Å². The molecule has 0 aliphatic carbocycles. The molecule has 1 N–H and O–H groups in total. The molecule has 0 spiro atoms. The number of halogens is 1. The highest BCUT2D eigenvalue weighted by molar-refractivity contribution is 8.76. The normalized spacial score (nSPS) is 12.2. The molecule has 0 radical (unpaired) electrons. The Morgan fingerprint density at radius 3 is 1.23 bits per heavy atom. The molecule has 20 heteroatoms. The fourth-order valence-electron chi connectivity index (χ4n) is 7.08. The van der Waals surface area contributed by atoms with Crippen LogP contribution in [0.1, 0.15) is 160 Å². The zero-order valence-corrected chi connectivity index (χ0v) is 48.4. The molecule has 16 nitrogen and oxygen atoms in total. The lowest BCUT2D eigenvalue weighted by molar-refractivity contribution is -0.0200. The van der Waals surface area contributed by atoms with Crippen LogP contribution in [0.3, 0.4) is 0 Å². The highest BCUT2D eigenvalue weighted by Gasteiger charge is 2.20. The van der Waals surface area contributed by atoms with Gasteiger partial charge in [-0.25, -0.2) is 9.59 Å². The molecule has 0 saturated heterocycles. The van der Waals surface area contributed by atoms with Gasteiger partial charge in [0.25, 0.3) is 0 Å². The average Bonchev–Trinajstić information content (AvgIpc) is 3.39. The second-order valence-corrected chi connectivity index (χ2v) is 22.2. The van der Waals surface area contributed by atoms with E-state index in [2.05, 4.69) is 23.7 Å². The third-order valence-electron chi connectivity index (χ3n) is 11.1. The first-order valence-corrected chi connectivity index (χ1v) is 32.2. The molecule has 1 atom stereocenters. The summed E-state index contributed by atoms with van der Waals surface area (Å²) in [6, 6.07) is 5.40. The molecule has 0 fully saturated rings. The van der Waals surface area contributed by atoms with E-state index in [9.17, 15) is 18.4 Å². The summed E-state index contributed by atoms with van der Waals surface area (Å²) in [7, 11) is -0.948. The maximum atomic E-state index is 13.4. The van der Waals surface area contributed by atoms with E-state index in [-0.39, 0.29) is 39.2 Å². The maximum Gasteiger partial charge on any atom is 0.407 e. The Balaban J connectivity index is 2.08. The fourth-order valence-corrected chi connectivity index (χ4v) is 9.60. The van der Waals surface area contributed by atoms with Gasteiger partial charge in [-0.1, -0.05) is 151 Å². The van der Waals surface area contributed by atoms with Gasteiger partial charge in [0.2, 0.25) is 0 Å². The lowest BCUT2D eigenvalue weighted by atomic mass is 10.1. The van der Waals surface area contributed by atoms with Crippen LogP contribution in [0.15, 0.2) is 18.2 Å². The van der Waals surface area contributed by atoms with Crippen LogP contribution in [0.2, 0.25) is 0 Å². The quantitative estimate of drug-likeness (QED) is 0.0282. The van der Waals surface area contributed by atoms with Crippen LogP contribution in [0.5, 0.6) is 11.5 Å². The van der Waals surface area contributed by atoms with Gasteiger partial charge >= 0.3 is 19.7 Å². The van der Waals surface area contributed by atoms with Crippen LogP contribution in [0, 0.1) is 0 Å². The van der Waals surface area contributed by atoms with Crippen molar-refractivity contribution >= 4 is 41.3 Å². The van der Waals surface area contributed by atoms with Crippen molar-refractivity contribution < 1.29 is 75.0 Å². The minimum absolute atomic E-state index is 0.0116. The topological polar surface area (TPSA) is 174 Å². The lowest BCUT2D eigenvalue weighted by Gasteiger charge is -2.13. The summed E-state index contributed by atoms with van der Waals surface area (Å²) >= 11 is 0. The van der Waals surface area contributed by atoms with Gasteiger partial charge in [0.15, 0.2) is 0 Å². The first-order chi connectivity index (χ1) is 36.3. The number of unbranched alkanes of at least 4 members (excludes halogenated alkanes) is 18. The standard InChI is InChI=1S/C54H99FNO15PS2/c1-4-7-9-11-13-15-17-19-21-23-26-67-51-47-50(48-52(49-51)68-27-24-22-20-18-16-14-12-10-8-5-2)53(57)69-42-45-73-74-46-43-70-54(58)56-25-28-60-29-30-61-31-32-62-33-34-63-35-36-64-37-38-65-39-40-66-41-44-72(55,59)71-6-3/h47-49H,4-46H2,1-3H3,(H,56,58). The summed E-state index contributed by atoms with van der Waals surface area (Å²) in [5, 5.41) is 2.67. The first-order valence-electron chi connectivity index (χ1n) is 28.0. The van der Waals surface area contributed by atoms with Crippen LogP contribution >= 0.6 is 29.3 Å². The number of hydrogen-bond acceptors (Lipinski definition) is 17. The molecule has 0 heterocycles. The Labute approximate surface area is 453 Å². The third kappa shape index (κ3) is 48.5. The molecule has 74 heavy (non-hydrogen) atoms. The molecule has 0 aliphatic heterocycles. The van der Waals surface area contributed by atoms with Gasteiger partial charge in [-0.3, -0.25) is 4.57 Å². The minimum atomic E-state index is -4.05. The molecular weight excluding hydrogens is 1020 g/mol. The van der Waals surface area contributed by atoms with E-state index < -0.39 is 19.7 Å². The Bertz CT molecular complexity index is 1420. The van der Waals surface area contributed by atoms with Crippen molar-refractivity contribution in [2.75, 3.05) is 150 Å². The Kier molecular flexibility index (Phi) is 51.6. The number of amides is 1. The van der Waals surface area contributed by atoms with E-state index in [0.29, 0.717) is 128 Å². The number of esters is 1. The molecule has 0 saturated carbocycles. The number of alkyl carbamates (subject to hydrolysis) is 1. The second kappa shape index (κ2) is 54.5. The summed E-state index contributed by atoms with van der Waals surface area (Å²) < 4.78 is 90.3.